The third-order valence-electron chi connectivity index (χ3n) is 2.36. The lowest BCUT2D eigenvalue weighted by atomic mass is 10.2. The Kier molecular flexibility index (Phi) is 6.15. The van der Waals surface area contributed by atoms with Gasteiger partial charge in [0.1, 0.15) is 12.6 Å². The van der Waals surface area contributed by atoms with E-state index in [2.05, 4.69) is 10.6 Å². The Labute approximate surface area is 117 Å². The standard InChI is InChI=1S/C13H17ClN2O3/c1-3-15-12(17)9(2)16-13(18)19-8-10-4-6-11(14)7-5-10/h4-7,9H,3,8H2,1-2H3,(H,15,17)(H,16,18)/t9-/m1/s1. The minimum absolute atomic E-state index is 0.130. The predicted octanol–water partition coefficient (Wildman–Crippen LogP) is 2.09. The zero-order chi connectivity index (χ0) is 14.3. The molecule has 0 radical (unpaired) electrons. The Bertz CT molecular complexity index is 434. The molecule has 2 N–H and O–H groups in total. The van der Waals surface area contributed by atoms with Crippen LogP contribution in [0, 0.1) is 0 Å². The fourth-order valence-corrected chi connectivity index (χ4v) is 1.47. The maximum atomic E-state index is 11.5. The average molecular weight is 285 g/mol. The molecule has 0 saturated carbocycles. The number of benzene rings is 1. The molecule has 0 aliphatic rings. The number of carbonyl (C=O) groups excluding carboxylic acids is 2. The Balaban J connectivity index is 2.35. The summed E-state index contributed by atoms with van der Waals surface area (Å²) in [5.74, 6) is -0.244. The predicted molar refractivity (Wildman–Crippen MR) is 72.9 cm³/mol. The zero-order valence-electron chi connectivity index (χ0n) is 10.9. The molecule has 2 amide bonds. The zero-order valence-corrected chi connectivity index (χ0v) is 11.7. The van der Waals surface area contributed by atoms with Gasteiger partial charge >= 0.3 is 6.09 Å². The van der Waals surface area contributed by atoms with E-state index in [1.54, 1.807) is 31.2 Å². The number of hydrogen-bond acceptors (Lipinski definition) is 3. The number of halogens is 1. The van der Waals surface area contributed by atoms with Crippen molar-refractivity contribution in [3.8, 4) is 0 Å². The van der Waals surface area contributed by atoms with Crippen molar-refractivity contribution >= 4 is 23.6 Å². The number of rotatable bonds is 5. The number of nitrogens with one attached hydrogen (secondary N) is 2. The van der Waals surface area contributed by atoms with E-state index < -0.39 is 12.1 Å². The first kappa shape index (κ1) is 15.3. The third kappa shape index (κ3) is 5.61. The number of amides is 2. The molecule has 0 fully saturated rings. The summed E-state index contributed by atoms with van der Waals surface area (Å²) in [6.45, 7) is 4.05. The van der Waals surface area contributed by atoms with Gasteiger partial charge in [-0.05, 0) is 31.5 Å². The van der Waals surface area contributed by atoms with Crippen LogP contribution in [0.2, 0.25) is 5.02 Å². The highest BCUT2D eigenvalue weighted by Gasteiger charge is 2.15. The second kappa shape index (κ2) is 7.63. The first-order chi connectivity index (χ1) is 9.02. The van der Waals surface area contributed by atoms with Gasteiger partial charge in [-0.2, -0.15) is 0 Å². The second-order valence-corrected chi connectivity index (χ2v) is 4.40. The lowest BCUT2D eigenvalue weighted by molar-refractivity contribution is -0.122. The summed E-state index contributed by atoms with van der Waals surface area (Å²) in [6.07, 6.45) is -0.631. The molecule has 0 heterocycles. The van der Waals surface area contributed by atoms with Crippen LogP contribution < -0.4 is 10.6 Å². The van der Waals surface area contributed by atoms with Gasteiger partial charge < -0.3 is 15.4 Å². The summed E-state index contributed by atoms with van der Waals surface area (Å²) in [5.41, 5.74) is 0.824. The van der Waals surface area contributed by atoms with Gasteiger partial charge in [-0.25, -0.2) is 4.79 Å². The highest BCUT2D eigenvalue weighted by molar-refractivity contribution is 6.30. The van der Waals surface area contributed by atoms with Crippen LogP contribution in [0.3, 0.4) is 0 Å². The van der Waals surface area contributed by atoms with Gasteiger partial charge in [0.25, 0.3) is 0 Å². The van der Waals surface area contributed by atoms with Crippen molar-refractivity contribution in [2.75, 3.05) is 6.54 Å². The first-order valence-corrected chi connectivity index (χ1v) is 6.36. The Morgan fingerprint density at radius 1 is 1.32 bits per heavy atom. The molecule has 1 rings (SSSR count). The summed E-state index contributed by atoms with van der Waals surface area (Å²) in [5, 5.41) is 5.68. The van der Waals surface area contributed by atoms with Crippen molar-refractivity contribution in [1.29, 1.82) is 0 Å². The quantitative estimate of drug-likeness (QED) is 0.870. The molecule has 0 bridgehead atoms. The van der Waals surface area contributed by atoms with Crippen LogP contribution in [0.4, 0.5) is 4.79 Å². The minimum Gasteiger partial charge on any atom is -0.445 e. The number of ether oxygens (including phenoxy) is 1. The summed E-state index contributed by atoms with van der Waals surface area (Å²) in [6, 6.07) is 6.34. The third-order valence-corrected chi connectivity index (χ3v) is 2.61. The summed E-state index contributed by atoms with van der Waals surface area (Å²) >= 11 is 5.74. The first-order valence-electron chi connectivity index (χ1n) is 5.98. The normalized spacial score (nSPS) is 11.5. The SMILES string of the molecule is CCNC(=O)[C@@H](C)NC(=O)OCc1ccc(Cl)cc1. The maximum absolute atomic E-state index is 11.5. The second-order valence-electron chi connectivity index (χ2n) is 3.96. The van der Waals surface area contributed by atoms with E-state index in [1.807, 2.05) is 6.92 Å². The fraction of sp³-hybridized carbons (Fsp3) is 0.385. The van der Waals surface area contributed by atoms with Gasteiger partial charge in [-0.1, -0.05) is 23.7 Å². The molecule has 104 valence electrons. The van der Waals surface area contributed by atoms with E-state index in [1.165, 1.54) is 0 Å². The molecule has 0 spiro atoms. The van der Waals surface area contributed by atoms with Crippen molar-refractivity contribution < 1.29 is 14.3 Å². The van der Waals surface area contributed by atoms with Crippen molar-refractivity contribution in [2.24, 2.45) is 0 Å². The van der Waals surface area contributed by atoms with Crippen molar-refractivity contribution in [2.45, 2.75) is 26.5 Å². The molecular weight excluding hydrogens is 268 g/mol. The lowest BCUT2D eigenvalue weighted by Crippen LogP contribution is -2.44. The Morgan fingerprint density at radius 3 is 2.53 bits per heavy atom. The van der Waals surface area contributed by atoms with Gasteiger partial charge in [0.2, 0.25) is 5.91 Å². The summed E-state index contributed by atoms with van der Waals surface area (Å²) in [4.78, 5) is 22.9. The van der Waals surface area contributed by atoms with E-state index in [0.717, 1.165) is 5.56 Å². The fourth-order valence-electron chi connectivity index (χ4n) is 1.34. The number of carbonyl (C=O) groups is 2. The van der Waals surface area contributed by atoms with Crippen LogP contribution in [0.25, 0.3) is 0 Å². The smallest absolute Gasteiger partial charge is 0.408 e. The molecule has 1 atom stereocenters. The van der Waals surface area contributed by atoms with Crippen molar-refractivity contribution in [1.82, 2.24) is 10.6 Å². The van der Waals surface area contributed by atoms with E-state index in [0.29, 0.717) is 11.6 Å². The molecule has 19 heavy (non-hydrogen) atoms. The highest BCUT2D eigenvalue weighted by Crippen LogP contribution is 2.10. The molecule has 5 nitrogen and oxygen atoms in total. The molecule has 0 aromatic heterocycles. The highest BCUT2D eigenvalue weighted by atomic mass is 35.5. The van der Waals surface area contributed by atoms with Crippen LogP contribution in [-0.4, -0.2) is 24.6 Å². The van der Waals surface area contributed by atoms with Gasteiger partial charge in [0.05, 0.1) is 0 Å². The van der Waals surface area contributed by atoms with E-state index in [9.17, 15) is 9.59 Å². The molecule has 0 saturated heterocycles. The number of likely N-dealkylation sites (N-methyl/N-ethyl adjacent to an activating group) is 1. The van der Waals surface area contributed by atoms with Crippen molar-refractivity contribution in [3.05, 3.63) is 34.9 Å². The van der Waals surface area contributed by atoms with E-state index in [4.69, 9.17) is 16.3 Å². The Morgan fingerprint density at radius 2 is 1.95 bits per heavy atom. The van der Waals surface area contributed by atoms with Crippen LogP contribution in [-0.2, 0) is 16.1 Å². The van der Waals surface area contributed by atoms with E-state index >= 15 is 0 Å². The lowest BCUT2D eigenvalue weighted by Gasteiger charge is -2.13. The largest absolute Gasteiger partial charge is 0.445 e. The van der Waals surface area contributed by atoms with Crippen LogP contribution >= 0.6 is 11.6 Å². The molecular formula is C13H17ClN2O3. The molecule has 0 aliphatic heterocycles. The minimum atomic E-state index is -0.631. The summed E-state index contributed by atoms with van der Waals surface area (Å²) in [7, 11) is 0. The van der Waals surface area contributed by atoms with Crippen LogP contribution in [0.1, 0.15) is 19.4 Å². The van der Waals surface area contributed by atoms with E-state index in [-0.39, 0.29) is 12.5 Å². The molecule has 0 aliphatic carbocycles. The number of hydrogen-bond donors (Lipinski definition) is 2. The number of alkyl carbamates (subject to hydrolysis) is 1. The molecule has 1 aromatic rings. The Hall–Kier alpha value is -1.75. The molecule has 6 heteroatoms. The van der Waals surface area contributed by atoms with Crippen molar-refractivity contribution in [3.63, 3.8) is 0 Å². The average Bonchev–Trinajstić information content (AvgIpc) is 2.38. The topological polar surface area (TPSA) is 67.4 Å². The van der Waals surface area contributed by atoms with Gasteiger partial charge in [-0.15, -0.1) is 0 Å². The van der Waals surface area contributed by atoms with Crippen LogP contribution in [0.15, 0.2) is 24.3 Å². The maximum Gasteiger partial charge on any atom is 0.408 e. The van der Waals surface area contributed by atoms with Gasteiger partial charge in [0, 0.05) is 11.6 Å². The monoisotopic (exact) mass is 284 g/mol. The molecule has 0 unspecified atom stereocenters. The molecule has 1 aromatic carbocycles. The van der Waals surface area contributed by atoms with Crippen LogP contribution in [0.5, 0.6) is 0 Å². The van der Waals surface area contributed by atoms with Gasteiger partial charge in [0.15, 0.2) is 0 Å². The summed E-state index contributed by atoms with van der Waals surface area (Å²) < 4.78 is 4.99. The van der Waals surface area contributed by atoms with Gasteiger partial charge in [-0.3, -0.25) is 4.79 Å².